The van der Waals surface area contributed by atoms with Crippen LogP contribution in [0.3, 0.4) is 0 Å². The molecule has 29 heavy (non-hydrogen) atoms. The number of nitrogens with one attached hydrogen (secondary N) is 1. The van der Waals surface area contributed by atoms with E-state index in [1.807, 2.05) is 24.3 Å². The molecule has 0 spiro atoms. The van der Waals surface area contributed by atoms with Gasteiger partial charge in [0.25, 0.3) is 0 Å². The van der Waals surface area contributed by atoms with Crippen molar-refractivity contribution in [2.75, 3.05) is 26.9 Å². The predicted octanol–water partition coefficient (Wildman–Crippen LogP) is 5.48. The molecule has 2 aromatic rings. The van der Waals surface area contributed by atoms with Crippen molar-refractivity contribution in [3.63, 3.8) is 0 Å². The lowest BCUT2D eigenvalue weighted by atomic mass is 10.1. The number of unbranched alkanes of at least 4 members (excludes halogenated alkanes) is 3. The minimum atomic E-state index is 0.417. The Balaban J connectivity index is 1.59. The molecule has 1 N–H and O–H groups in total. The summed E-state index contributed by atoms with van der Waals surface area (Å²) < 4.78 is 23.8. The lowest BCUT2D eigenvalue weighted by Gasteiger charge is -2.19. The molecule has 1 heterocycles. The number of halogens is 1. The van der Waals surface area contributed by atoms with Crippen molar-refractivity contribution in [3.8, 4) is 23.0 Å². The molecule has 0 saturated heterocycles. The molecule has 0 radical (unpaired) electrons. The molecule has 6 heteroatoms. The first kappa shape index (κ1) is 21.8. The average molecular weight is 464 g/mol. The number of ether oxygens (including phenoxy) is 4. The molecule has 0 bridgehead atoms. The molecule has 3 rings (SSSR count). The van der Waals surface area contributed by atoms with Crippen LogP contribution in [0.5, 0.6) is 23.0 Å². The summed E-state index contributed by atoms with van der Waals surface area (Å²) in [5.74, 6) is 2.97. The van der Waals surface area contributed by atoms with Gasteiger partial charge < -0.3 is 24.3 Å². The van der Waals surface area contributed by atoms with Gasteiger partial charge in [-0.2, -0.15) is 0 Å². The topological polar surface area (TPSA) is 49.0 Å². The maximum atomic E-state index is 6.07. The number of rotatable bonds is 11. The summed E-state index contributed by atoms with van der Waals surface area (Å²) in [5, 5.41) is 3.50. The smallest absolute Gasteiger partial charge is 0.175 e. The van der Waals surface area contributed by atoms with E-state index in [2.05, 4.69) is 34.2 Å². The minimum absolute atomic E-state index is 0.417. The second-order valence-electron chi connectivity index (χ2n) is 7.11. The van der Waals surface area contributed by atoms with Crippen LogP contribution in [-0.2, 0) is 13.2 Å². The van der Waals surface area contributed by atoms with E-state index in [1.165, 1.54) is 25.7 Å². The molecular weight excluding hydrogens is 434 g/mol. The monoisotopic (exact) mass is 463 g/mol. The van der Waals surface area contributed by atoms with Crippen LogP contribution in [0.15, 0.2) is 34.8 Å². The average Bonchev–Trinajstić information content (AvgIpc) is 2.75. The fourth-order valence-corrected chi connectivity index (χ4v) is 3.86. The number of hydrogen-bond donors (Lipinski definition) is 1. The molecule has 1 aliphatic heterocycles. The fraction of sp³-hybridized carbons (Fsp3) is 0.478. The lowest BCUT2D eigenvalue weighted by Crippen LogP contribution is -2.15. The summed E-state index contributed by atoms with van der Waals surface area (Å²) in [7, 11) is 1.67. The Hall–Kier alpha value is -1.92. The molecule has 0 aliphatic carbocycles. The third kappa shape index (κ3) is 6.28. The van der Waals surface area contributed by atoms with Gasteiger partial charge >= 0.3 is 0 Å². The number of methoxy groups -OCH3 is 1. The Kier molecular flexibility index (Phi) is 8.50. The third-order valence-corrected chi connectivity index (χ3v) is 5.40. The predicted molar refractivity (Wildman–Crippen MR) is 118 cm³/mol. The Bertz CT molecular complexity index is 797. The highest BCUT2D eigenvalue weighted by Gasteiger charge is 2.14. The summed E-state index contributed by atoms with van der Waals surface area (Å²) in [6.07, 6.45) is 5.06. The molecule has 158 valence electrons. The van der Waals surface area contributed by atoms with Gasteiger partial charge in [0.1, 0.15) is 19.8 Å². The molecule has 2 aromatic carbocycles. The van der Waals surface area contributed by atoms with Crippen molar-refractivity contribution in [2.24, 2.45) is 0 Å². The van der Waals surface area contributed by atoms with Gasteiger partial charge in [0, 0.05) is 6.54 Å². The molecule has 0 unspecified atom stereocenters. The first-order valence-electron chi connectivity index (χ1n) is 10.3. The van der Waals surface area contributed by atoms with Gasteiger partial charge in [0.2, 0.25) is 0 Å². The van der Waals surface area contributed by atoms with Crippen LogP contribution in [0.4, 0.5) is 0 Å². The third-order valence-electron chi connectivity index (χ3n) is 4.82. The molecule has 0 amide bonds. The Morgan fingerprint density at radius 1 is 1.00 bits per heavy atom. The highest BCUT2D eigenvalue weighted by atomic mass is 79.9. The Morgan fingerprint density at radius 2 is 1.83 bits per heavy atom. The van der Waals surface area contributed by atoms with Gasteiger partial charge in [-0.25, -0.2) is 0 Å². The van der Waals surface area contributed by atoms with Crippen LogP contribution in [0.25, 0.3) is 0 Å². The van der Waals surface area contributed by atoms with Crippen molar-refractivity contribution in [2.45, 2.75) is 45.8 Å². The van der Waals surface area contributed by atoms with Crippen molar-refractivity contribution in [1.82, 2.24) is 5.32 Å². The van der Waals surface area contributed by atoms with E-state index in [4.69, 9.17) is 18.9 Å². The Morgan fingerprint density at radius 3 is 2.62 bits per heavy atom. The lowest BCUT2D eigenvalue weighted by molar-refractivity contribution is 0.171. The zero-order valence-electron chi connectivity index (χ0n) is 17.3. The first-order chi connectivity index (χ1) is 14.2. The van der Waals surface area contributed by atoms with Gasteiger partial charge in [-0.1, -0.05) is 32.3 Å². The number of fused-ring (bicyclic) bond motifs is 1. The van der Waals surface area contributed by atoms with E-state index in [0.29, 0.717) is 25.6 Å². The van der Waals surface area contributed by atoms with E-state index in [0.717, 1.165) is 45.9 Å². The molecular formula is C23H30BrNO4. The minimum Gasteiger partial charge on any atom is -0.493 e. The second kappa shape index (κ2) is 11.3. The van der Waals surface area contributed by atoms with E-state index in [1.54, 1.807) is 7.11 Å². The van der Waals surface area contributed by atoms with Crippen LogP contribution in [0.2, 0.25) is 0 Å². The quantitative estimate of drug-likeness (QED) is 0.447. The molecule has 1 aliphatic rings. The summed E-state index contributed by atoms with van der Waals surface area (Å²) in [5.41, 5.74) is 2.18. The number of hydrogen-bond acceptors (Lipinski definition) is 5. The van der Waals surface area contributed by atoms with E-state index < -0.39 is 0 Å². The molecule has 0 saturated carbocycles. The summed E-state index contributed by atoms with van der Waals surface area (Å²) >= 11 is 3.64. The van der Waals surface area contributed by atoms with E-state index in [9.17, 15) is 0 Å². The largest absolute Gasteiger partial charge is 0.493 e. The SMILES string of the molecule is CCCCCCNCc1cc(Br)c(OCc2ccc3c(c2)OCCO3)c(OC)c1. The van der Waals surface area contributed by atoms with Crippen molar-refractivity contribution in [3.05, 3.63) is 45.9 Å². The molecule has 5 nitrogen and oxygen atoms in total. The van der Waals surface area contributed by atoms with Gasteiger partial charge in [0.15, 0.2) is 23.0 Å². The van der Waals surface area contributed by atoms with Crippen molar-refractivity contribution < 1.29 is 18.9 Å². The standard InChI is InChI=1S/C23H30BrNO4/c1-3-4-5-6-9-25-15-18-12-19(24)23(22(14-18)26-2)29-16-17-7-8-20-21(13-17)28-11-10-27-20/h7-8,12-14,25H,3-6,9-11,15-16H2,1-2H3. The zero-order chi connectivity index (χ0) is 20.5. The van der Waals surface area contributed by atoms with Gasteiger partial charge in [-0.05, 0) is 64.3 Å². The summed E-state index contributed by atoms with van der Waals surface area (Å²) in [6.45, 7) is 5.65. The highest BCUT2D eigenvalue weighted by molar-refractivity contribution is 9.10. The van der Waals surface area contributed by atoms with Crippen LogP contribution < -0.4 is 24.3 Å². The van der Waals surface area contributed by atoms with Crippen molar-refractivity contribution in [1.29, 1.82) is 0 Å². The normalized spacial score (nSPS) is 12.7. The van der Waals surface area contributed by atoms with Gasteiger partial charge in [-0.15, -0.1) is 0 Å². The van der Waals surface area contributed by atoms with Crippen LogP contribution >= 0.6 is 15.9 Å². The van der Waals surface area contributed by atoms with Gasteiger partial charge in [-0.3, -0.25) is 0 Å². The first-order valence-corrected chi connectivity index (χ1v) is 11.1. The summed E-state index contributed by atoms with van der Waals surface area (Å²) in [6, 6.07) is 9.99. The van der Waals surface area contributed by atoms with Crippen molar-refractivity contribution >= 4 is 15.9 Å². The van der Waals surface area contributed by atoms with Crippen LogP contribution in [-0.4, -0.2) is 26.9 Å². The Labute approximate surface area is 181 Å². The maximum absolute atomic E-state index is 6.07. The number of benzene rings is 2. The second-order valence-corrected chi connectivity index (χ2v) is 7.97. The van der Waals surface area contributed by atoms with Crippen LogP contribution in [0.1, 0.15) is 43.7 Å². The molecule has 0 fully saturated rings. The van der Waals surface area contributed by atoms with E-state index in [-0.39, 0.29) is 0 Å². The van der Waals surface area contributed by atoms with E-state index >= 15 is 0 Å². The molecule has 0 aromatic heterocycles. The van der Waals surface area contributed by atoms with Gasteiger partial charge in [0.05, 0.1) is 11.6 Å². The molecule has 0 atom stereocenters. The fourth-order valence-electron chi connectivity index (χ4n) is 3.26. The maximum Gasteiger partial charge on any atom is 0.175 e. The zero-order valence-corrected chi connectivity index (χ0v) is 18.8. The summed E-state index contributed by atoms with van der Waals surface area (Å²) in [4.78, 5) is 0. The van der Waals surface area contributed by atoms with Crippen LogP contribution in [0, 0.1) is 0 Å². The highest BCUT2D eigenvalue weighted by Crippen LogP contribution is 2.38.